The molecule has 0 aliphatic carbocycles. The van der Waals surface area contributed by atoms with Crippen LogP contribution in [-0.2, 0) is 0 Å². The van der Waals surface area contributed by atoms with E-state index in [1.165, 1.54) is 32.9 Å². The summed E-state index contributed by atoms with van der Waals surface area (Å²) >= 11 is 0. The van der Waals surface area contributed by atoms with E-state index in [9.17, 15) is 0 Å². The first kappa shape index (κ1) is 32.8. The predicted molar refractivity (Wildman–Crippen MR) is 230 cm³/mol. The first-order valence-electron chi connectivity index (χ1n) is 18.4. The topological polar surface area (TPSA) is 17.3 Å². The number of nitrogens with zero attached hydrogens (tertiary/aromatic N) is 2. The van der Waals surface area contributed by atoms with Crippen LogP contribution in [0.2, 0.25) is 0 Å². The van der Waals surface area contributed by atoms with E-state index in [4.69, 9.17) is 4.99 Å². The standard InChI is InChI=1S/C52H38N2/c1-36(38-17-7-3-8-18-38)46-34-47(42-29-27-41(28-30-42)40-21-11-5-12-22-40)48(35-50(46)53-37(2)39-19-9-4-10-20-39)43-31-32-52-49(33-43)45-25-15-16-26-51(45)54(52)44-23-13-6-14-24-44/h3-35H,1H2,2H3/b53-37+. The monoisotopic (exact) mass is 690 g/mol. The fourth-order valence-electron chi connectivity index (χ4n) is 7.59. The van der Waals surface area contributed by atoms with Crippen LogP contribution in [0.1, 0.15) is 23.6 Å². The van der Waals surface area contributed by atoms with Gasteiger partial charge in [0.15, 0.2) is 0 Å². The fourth-order valence-corrected chi connectivity index (χ4v) is 7.59. The van der Waals surface area contributed by atoms with Crippen LogP contribution in [0.5, 0.6) is 0 Å². The van der Waals surface area contributed by atoms with Gasteiger partial charge in [0.2, 0.25) is 0 Å². The molecular formula is C52H38N2. The fraction of sp³-hybridized carbons (Fsp3) is 0.0192. The minimum absolute atomic E-state index is 0.886. The zero-order valence-electron chi connectivity index (χ0n) is 30.2. The SMILES string of the molecule is C=C(c1ccccc1)c1cc(-c2ccc(-c3ccccc3)cc2)c(-c2ccc3c(c2)c2ccccc2n3-c2ccccc2)cc1/N=C(\C)c1ccccc1. The number of fused-ring (bicyclic) bond motifs is 3. The van der Waals surface area contributed by atoms with Crippen molar-refractivity contribution >= 4 is 38.8 Å². The van der Waals surface area contributed by atoms with Gasteiger partial charge in [-0.1, -0.05) is 164 Å². The number of rotatable bonds is 8. The molecule has 54 heavy (non-hydrogen) atoms. The van der Waals surface area contributed by atoms with Gasteiger partial charge in [-0.2, -0.15) is 0 Å². The molecule has 0 amide bonds. The van der Waals surface area contributed by atoms with Crippen molar-refractivity contribution in [2.75, 3.05) is 0 Å². The molecule has 0 saturated heterocycles. The van der Waals surface area contributed by atoms with Crippen LogP contribution < -0.4 is 0 Å². The summed E-state index contributed by atoms with van der Waals surface area (Å²) in [4.78, 5) is 5.36. The highest BCUT2D eigenvalue weighted by Gasteiger charge is 2.19. The third-order valence-corrected chi connectivity index (χ3v) is 10.4. The molecule has 2 heteroatoms. The lowest BCUT2D eigenvalue weighted by Crippen LogP contribution is -1.97. The van der Waals surface area contributed by atoms with Crippen molar-refractivity contribution in [2.45, 2.75) is 6.92 Å². The van der Waals surface area contributed by atoms with Crippen LogP contribution in [-0.4, -0.2) is 10.3 Å². The van der Waals surface area contributed by atoms with Crippen LogP contribution in [0, 0.1) is 0 Å². The number of hydrogen-bond donors (Lipinski definition) is 0. The highest BCUT2D eigenvalue weighted by atomic mass is 15.0. The summed E-state index contributed by atoms with van der Waals surface area (Å²) in [7, 11) is 0. The molecule has 256 valence electrons. The molecular weight excluding hydrogens is 653 g/mol. The first-order chi connectivity index (χ1) is 26.6. The molecule has 0 fully saturated rings. The minimum Gasteiger partial charge on any atom is -0.309 e. The van der Waals surface area contributed by atoms with E-state index < -0.39 is 0 Å². The molecule has 0 aliphatic rings. The Balaban J connectivity index is 1.30. The van der Waals surface area contributed by atoms with Gasteiger partial charge >= 0.3 is 0 Å². The third kappa shape index (κ3) is 6.14. The summed E-state index contributed by atoms with van der Waals surface area (Å²) in [6, 6.07) is 71.1. The minimum atomic E-state index is 0.886. The molecule has 1 aromatic heterocycles. The van der Waals surface area contributed by atoms with Crippen molar-refractivity contribution < 1.29 is 0 Å². The van der Waals surface area contributed by atoms with Crippen molar-refractivity contribution in [3.8, 4) is 39.1 Å². The van der Waals surface area contributed by atoms with Crippen molar-refractivity contribution in [1.29, 1.82) is 0 Å². The van der Waals surface area contributed by atoms with Crippen molar-refractivity contribution in [1.82, 2.24) is 4.57 Å². The molecule has 0 spiro atoms. The molecule has 8 aromatic carbocycles. The van der Waals surface area contributed by atoms with Crippen molar-refractivity contribution in [2.24, 2.45) is 4.99 Å². The van der Waals surface area contributed by atoms with Crippen LogP contribution in [0.15, 0.2) is 212 Å². The molecule has 9 aromatic rings. The number of hydrogen-bond acceptors (Lipinski definition) is 1. The predicted octanol–water partition coefficient (Wildman–Crippen LogP) is 14.0. The second kappa shape index (κ2) is 14.2. The number of benzene rings is 8. The van der Waals surface area contributed by atoms with Gasteiger partial charge in [0.05, 0.1) is 16.7 Å². The summed E-state index contributed by atoms with van der Waals surface area (Å²) < 4.78 is 2.36. The van der Waals surface area contributed by atoms with E-state index in [0.29, 0.717) is 0 Å². The Kier molecular flexibility index (Phi) is 8.63. The third-order valence-electron chi connectivity index (χ3n) is 10.4. The lowest BCUT2D eigenvalue weighted by molar-refractivity contribution is 1.18. The summed E-state index contributed by atoms with van der Waals surface area (Å²) in [6.45, 7) is 6.75. The lowest BCUT2D eigenvalue weighted by Gasteiger charge is -2.18. The van der Waals surface area contributed by atoms with Crippen LogP contribution in [0.3, 0.4) is 0 Å². The molecule has 0 atom stereocenters. The zero-order valence-corrected chi connectivity index (χ0v) is 30.2. The van der Waals surface area contributed by atoms with Crippen LogP contribution >= 0.6 is 0 Å². The Morgan fingerprint density at radius 1 is 0.444 bits per heavy atom. The van der Waals surface area contributed by atoms with E-state index in [-0.39, 0.29) is 0 Å². The Morgan fingerprint density at radius 3 is 1.67 bits per heavy atom. The molecule has 0 bridgehead atoms. The number of para-hydroxylation sites is 2. The largest absolute Gasteiger partial charge is 0.309 e. The van der Waals surface area contributed by atoms with Gasteiger partial charge in [0.25, 0.3) is 0 Å². The molecule has 0 aliphatic heterocycles. The molecule has 1 heterocycles. The highest BCUT2D eigenvalue weighted by Crippen LogP contribution is 2.43. The Morgan fingerprint density at radius 2 is 0.963 bits per heavy atom. The average Bonchev–Trinajstić information content (AvgIpc) is 3.58. The summed E-state index contributed by atoms with van der Waals surface area (Å²) in [5, 5.41) is 2.43. The number of aliphatic imine (C=N–C) groups is 1. The molecule has 9 rings (SSSR count). The summed E-state index contributed by atoms with van der Waals surface area (Å²) in [5.41, 5.74) is 16.3. The van der Waals surface area contributed by atoms with E-state index >= 15 is 0 Å². The number of aromatic nitrogens is 1. The molecule has 0 unspecified atom stereocenters. The maximum Gasteiger partial charge on any atom is 0.0718 e. The second-order valence-corrected chi connectivity index (χ2v) is 13.7. The Bertz CT molecular complexity index is 2790. The first-order valence-corrected chi connectivity index (χ1v) is 18.4. The van der Waals surface area contributed by atoms with Crippen molar-refractivity contribution in [3.05, 3.63) is 223 Å². The van der Waals surface area contributed by atoms with Gasteiger partial charge < -0.3 is 4.57 Å². The smallest absolute Gasteiger partial charge is 0.0718 e. The van der Waals surface area contributed by atoms with Gasteiger partial charge in [-0.3, -0.25) is 4.99 Å². The quantitative estimate of drug-likeness (QED) is 0.141. The van der Waals surface area contributed by atoms with Crippen LogP contribution in [0.4, 0.5) is 5.69 Å². The molecule has 0 radical (unpaired) electrons. The van der Waals surface area contributed by atoms with Gasteiger partial charge in [-0.15, -0.1) is 0 Å². The van der Waals surface area contributed by atoms with E-state index in [0.717, 1.165) is 61.6 Å². The van der Waals surface area contributed by atoms with E-state index in [1.807, 2.05) is 12.1 Å². The maximum atomic E-state index is 5.36. The average molecular weight is 691 g/mol. The maximum absolute atomic E-state index is 5.36. The Labute approximate surface area is 316 Å². The van der Waals surface area contributed by atoms with Gasteiger partial charge in [-0.05, 0) is 99.5 Å². The van der Waals surface area contributed by atoms with Gasteiger partial charge in [-0.25, -0.2) is 0 Å². The van der Waals surface area contributed by atoms with Gasteiger partial charge in [0, 0.05) is 27.7 Å². The van der Waals surface area contributed by atoms with Gasteiger partial charge in [0.1, 0.15) is 0 Å². The van der Waals surface area contributed by atoms with Crippen molar-refractivity contribution in [3.63, 3.8) is 0 Å². The zero-order chi connectivity index (χ0) is 36.4. The van der Waals surface area contributed by atoms with E-state index in [1.54, 1.807) is 0 Å². The lowest BCUT2D eigenvalue weighted by atomic mass is 9.87. The normalized spacial score (nSPS) is 11.6. The van der Waals surface area contributed by atoms with E-state index in [2.05, 4.69) is 206 Å². The summed E-state index contributed by atoms with van der Waals surface area (Å²) in [6.07, 6.45) is 0. The second-order valence-electron chi connectivity index (χ2n) is 13.7. The molecule has 2 nitrogen and oxygen atoms in total. The van der Waals surface area contributed by atoms with Crippen LogP contribution in [0.25, 0.3) is 66.4 Å². The highest BCUT2D eigenvalue weighted by molar-refractivity contribution is 6.11. The molecule has 0 saturated carbocycles. The summed E-state index contributed by atoms with van der Waals surface area (Å²) in [5.74, 6) is 0. The Hall–Kier alpha value is -7.03. The molecule has 0 N–H and O–H groups in total.